The number of ether oxygens (including phenoxy) is 1. The number of allylic oxidation sites excluding steroid dienone is 1. The van der Waals surface area contributed by atoms with Gasteiger partial charge in [-0.2, -0.15) is 0 Å². The van der Waals surface area contributed by atoms with Gasteiger partial charge in [0, 0.05) is 25.4 Å². The van der Waals surface area contributed by atoms with Gasteiger partial charge in [-0.1, -0.05) is 63.1 Å². The van der Waals surface area contributed by atoms with Crippen LogP contribution < -0.4 is 16.4 Å². The number of rotatable bonds is 5. The van der Waals surface area contributed by atoms with Gasteiger partial charge < -0.3 is 36.0 Å². The highest BCUT2D eigenvalue weighted by Crippen LogP contribution is 2.45. The minimum atomic E-state index is -1.45. The van der Waals surface area contributed by atoms with Crippen molar-refractivity contribution in [3.05, 3.63) is 47.5 Å². The lowest BCUT2D eigenvalue weighted by Gasteiger charge is -2.30. The number of carboxylic acid groups (broad SMARTS) is 1. The van der Waals surface area contributed by atoms with Gasteiger partial charge in [0.25, 0.3) is 0 Å². The second-order valence-electron chi connectivity index (χ2n) is 13.2. The van der Waals surface area contributed by atoms with Crippen LogP contribution in [0.5, 0.6) is 0 Å². The lowest BCUT2D eigenvalue weighted by Crippen LogP contribution is -2.57. The maximum absolute atomic E-state index is 14.1. The first-order valence-corrected chi connectivity index (χ1v) is 16.1. The van der Waals surface area contributed by atoms with E-state index in [1.54, 1.807) is 4.90 Å². The molecule has 5 N–H and O–H groups in total. The molecular formula is C33H45N5O7. The molecule has 0 bridgehead atoms. The van der Waals surface area contributed by atoms with E-state index in [9.17, 15) is 29.1 Å². The minimum absolute atomic E-state index is 0.0100. The average molecular weight is 624 g/mol. The standard InChI is InChI=1S/C33H45N5O7/c1-20(2)27(34)29(40)35-25-13-7-5-3-4-6-12-23-17-33(23,31(42)43)36-28(39)26-16-24(19-38(26)30(25)41)45-32(44)37-15-14-21-10-8-9-11-22(21)18-37/h6,8-12,20,23-27H,3-5,7,13-19,34H2,1-2H3,(H,35,40)(H,36,39)(H,42,43)/t23-,24-,25+,26+,27?,33-/m1/s1. The zero-order chi connectivity index (χ0) is 32.3. The molecule has 5 rings (SSSR count). The zero-order valence-electron chi connectivity index (χ0n) is 26.1. The fourth-order valence-electron chi connectivity index (χ4n) is 6.59. The first kappa shape index (κ1) is 32.5. The molecule has 2 fully saturated rings. The Bertz CT molecular complexity index is 1350. The van der Waals surface area contributed by atoms with Gasteiger partial charge in [-0.3, -0.25) is 14.4 Å². The van der Waals surface area contributed by atoms with Crippen molar-refractivity contribution >= 4 is 29.8 Å². The largest absolute Gasteiger partial charge is 0.479 e. The van der Waals surface area contributed by atoms with Gasteiger partial charge in [0.15, 0.2) is 0 Å². The van der Waals surface area contributed by atoms with Gasteiger partial charge in [0.1, 0.15) is 23.7 Å². The van der Waals surface area contributed by atoms with E-state index >= 15 is 0 Å². The molecule has 0 aromatic heterocycles. The lowest BCUT2D eigenvalue weighted by atomic mass is 10.0. The van der Waals surface area contributed by atoms with Crippen LogP contribution in [0.3, 0.4) is 0 Å². The number of hydrogen-bond acceptors (Lipinski definition) is 7. The molecule has 3 aliphatic heterocycles. The van der Waals surface area contributed by atoms with Gasteiger partial charge in [-0.05, 0) is 49.1 Å². The van der Waals surface area contributed by atoms with Crippen LogP contribution in [0.4, 0.5) is 4.79 Å². The summed E-state index contributed by atoms with van der Waals surface area (Å²) in [6, 6.07) is 5.07. The number of carbonyl (C=O) groups excluding carboxylic acids is 4. The number of nitrogens with one attached hydrogen (secondary N) is 2. The zero-order valence-corrected chi connectivity index (χ0v) is 26.1. The van der Waals surface area contributed by atoms with Crippen LogP contribution in [0.1, 0.15) is 69.9 Å². The summed E-state index contributed by atoms with van der Waals surface area (Å²) in [6.07, 6.45) is 6.81. The predicted molar refractivity (Wildman–Crippen MR) is 165 cm³/mol. The molecule has 244 valence electrons. The van der Waals surface area contributed by atoms with Crippen molar-refractivity contribution in [1.82, 2.24) is 20.4 Å². The number of benzene rings is 1. The molecule has 12 nitrogen and oxygen atoms in total. The van der Waals surface area contributed by atoms with Crippen LogP contribution in [0.15, 0.2) is 36.4 Å². The number of carbonyl (C=O) groups is 5. The highest BCUT2D eigenvalue weighted by atomic mass is 16.6. The molecule has 4 amide bonds. The Morgan fingerprint density at radius 3 is 2.62 bits per heavy atom. The number of carboxylic acids is 1. The Morgan fingerprint density at radius 2 is 1.89 bits per heavy atom. The van der Waals surface area contributed by atoms with E-state index in [0.717, 1.165) is 24.8 Å². The van der Waals surface area contributed by atoms with E-state index < -0.39 is 59.6 Å². The van der Waals surface area contributed by atoms with Crippen LogP contribution >= 0.6 is 0 Å². The molecule has 1 aromatic carbocycles. The summed E-state index contributed by atoms with van der Waals surface area (Å²) < 4.78 is 5.88. The van der Waals surface area contributed by atoms with E-state index in [0.29, 0.717) is 32.4 Å². The molecule has 0 radical (unpaired) electrons. The summed E-state index contributed by atoms with van der Waals surface area (Å²) >= 11 is 0. The van der Waals surface area contributed by atoms with Crippen molar-refractivity contribution in [2.24, 2.45) is 17.6 Å². The summed E-state index contributed by atoms with van der Waals surface area (Å²) in [5.74, 6) is -3.19. The maximum Gasteiger partial charge on any atom is 0.410 e. The molecule has 12 heteroatoms. The van der Waals surface area contributed by atoms with Gasteiger partial charge >= 0.3 is 12.1 Å². The molecule has 1 unspecified atom stereocenters. The second-order valence-corrected chi connectivity index (χ2v) is 13.2. The summed E-state index contributed by atoms with van der Waals surface area (Å²) in [5, 5.41) is 15.6. The molecule has 3 heterocycles. The van der Waals surface area contributed by atoms with Crippen molar-refractivity contribution in [2.45, 2.75) is 102 Å². The van der Waals surface area contributed by atoms with Crippen molar-refractivity contribution in [1.29, 1.82) is 0 Å². The number of hydrogen-bond donors (Lipinski definition) is 4. The molecule has 1 aliphatic carbocycles. The third-order valence-electron chi connectivity index (χ3n) is 9.61. The third kappa shape index (κ3) is 7.16. The molecule has 4 aliphatic rings. The minimum Gasteiger partial charge on any atom is -0.479 e. The Labute approximate surface area is 263 Å². The lowest BCUT2D eigenvalue weighted by molar-refractivity contribution is -0.146. The molecule has 1 aromatic rings. The molecular weight excluding hydrogens is 578 g/mol. The second kappa shape index (κ2) is 13.6. The number of fused-ring (bicyclic) bond motifs is 3. The monoisotopic (exact) mass is 623 g/mol. The maximum atomic E-state index is 14.1. The summed E-state index contributed by atoms with van der Waals surface area (Å²) in [4.78, 5) is 69.4. The summed E-state index contributed by atoms with van der Waals surface area (Å²) in [6.45, 7) is 4.46. The van der Waals surface area contributed by atoms with Crippen molar-refractivity contribution < 1.29 is 33.8 Å². The Balaban J connectivity index is 1.37. The fourth-order valence-corrected chi connectivity index (χ4v) is 6.59. The molecule has 6 atom stereocenters. The van der Waals surface area contributed by atoms with Crippen LogP contribution in [0, 0.1) is 11.8 Å². The summed E-state index contributed by atoms with van der Waals surface area (Å²) in [5.41, 5.74) is 6.87. The Morgan fingerprint density at radius 1 is 1.13 bits per heavy atom. The quantitative estimate of drug-likeness (QED) is 0.361. The van der Waals surface area contributed by atoms with Gasteiger partial charge in [0.2, 0.25) is 17.7 Å². The van der Waals surface area contributed by atoms with E-state index in [1.807, 2.05) is 50.3 Å². The number of aliphatic carboxylic acids is 1. The van der Waals surface area contributed by atoms with E-state index in [-0.39, 0.29) is 31.2 Å². The van der Waals surface area contributed by atoms with Crippen molar-refractivity contribution in [3.63, 3.8) is 0 Å². The van der Waals surface area contributed by atoms with Gasteiger partial charge in [-0.25, -0.2) is 9.59 Å². The Kier molecular flexibility index (Phi) is 9.81. The van der Waals surface area contributed by atoms with E-state index in [2.05, 4.69) is 10.6 Å². The number of amides is 4. The fraction of sp³-hybridized carbons (Fsp3) is 0.606. The first-order chi connectivity index (χ1) is 21.5. The Hall–Kier alpha value is -3.93. The molecule has 45 heavy (non-hydrogen) atoms. The SMILES string of the molecule is CC(C)C(N)C(=O)N[C@H]1CCCCCC=C[C@@H]2C[C@@]2(C(=O)O)NC(=O)[C@@H]2C[C@@H](OC(=O)N3CCc4ccccc4C3)CN2C1=O. The number of nitrogens with two attached hydrogens (primary N) is 1. The highest BCUT2D eigenvalue weighted by molar-refractivity contribution is 5.96. The van der Waals surface area contributed by atoms with Crippen molar-refractivity contribution in [2.75, 3.05) is 13.1 Å². The van der Waals surface area contributed by atoms with Crippen LogP contribution in [-0.2, 0) is 36.9 Å². The number of nitrogens with zero attached hydrogens (tertiary/aromatic N) is 2. The average Bonchev–Trinajstić information content (AvgIpc) is 3.56. The first-order valence-electron chi connectivity index (χ1n) is 16.1. The van der Waals surface area contributed by atoms with Gasteiger partial charge in [0.05, 0.1) is 12.6 Å². The topological polar surface area (TPSA) is 171 Å². The normalized spacial score (nSPS) is 29.3. The molecule has 0 spiro atoms. The van der Waals surface area contributed by atoms with E-state index in [1.165, 1.54) is 10.5 Å². The predicted octanol–water partition coefficient (Wildman–Crippen LogP) is 2.10. The third-order valence-corrected chi connectivity index (χ3v) is 9.61. The highest BCUT2D eigenvalue weighted by Gasteiger charge is 2.61. The molecule has 1 saturated carbocycles. The molecule has 1 saturated heterocycles. The van der Waals surface area contributed by atoms with Crippen LogP contribution in [0.25, 0.3) is 0 Å². The van der Waals surface area contributed by atoms with Crippen LogP contribution in [0.2, 0.25) is 0 Å². The van der Waals surface area contributed by atoms with Crippen LogP contribution in [-0.4, -0.2) is 87.5 Å². The smallest absolute Gasteiger partial charge is 0.410 e. The summed E-state index contributed by atoms with van der Waals surface area (Å²) in [7, 11) is 0. The van der Waals surface area contributed by atoms with E-state index in [4.69, 9.17) is 10.5 Å². The van der Waals surface area contributed by atoms with Gasteiger partial charge in [-0.15, -0.1) is 0 Å². The van der Waals surface area contributed by atoms with Crippen molar-refractivity contribution in [3.8, 4) is 0 Å².